The van der Waals surface area contributed by atoms with E-state index in [2.05, 4.69) is 0 Å². The first-order valence-corrected chi connectivity index (χ1v) is 5.29. The highest BCUT2D eigenvalue weighted by Crippen LogP contribution is 2.30. The second kappa shape index (κ2) is 4.53. The average Bonchev–Trinajstić information content (AvgIpc) is 2.73. The van der Waals surface area contributed by atoms with Crippen LogP contribution in [0.3, 0.4) is 0 Å². The molecule has 0 bridgehead atoms. The Kier molecular flexibility index (Phi) is 3.10. The number of fused-ring (bicyclic) bond motifs is 1. The molecule has 2 aliphatic rings. The third-order valence-electron chi connectivity index (χ3n) is 2.75. The molecule has 0 aromatic carbocycles. The van der Waals surface area contributed by atoms with Gasteiger partial charge in [-0.2, -0.15) is 0 Å². The lowest BCUT2D eigenvalue weighted by Crippen LogP contribution is -2.21. The van der Waals surface area contributed by atoms with Crippen molar-refractivity contribution in [2.24, 2.45) is 5.92 Å². The second-order valence-electron chi connectivity index (χ2n) is 3.73. The Hall–Kier alpha value is -1.55. The van der Waals surface area contributed by atoms with Crippen LogP contribution in [0.5, 0.6) is 0 Å². The van der Waals surface area contributed by atoms with E-state index in [1.165, 1.54) is 0 Å². The number of carboxylic acids is 1. The van der Waals surface area contributed by atoms with Gasteiger partial charge in [0.25, 0.3) is 0 Å². The summed E-state index contributed by atoms with van der Waals surface area (Å²) < 4.78 is 10.7. The topological polar surface area (TPSA) is 55.8 Å². The van der Waals surface area contributed by atoms with Crippen LogP contribution in [0.25, 0.3) is 0 Å². The first-order chi connectivity index (χ1) is 7.72. The van der Waals surface area contributed by atoms with Crippen molar-refractivity contribution in [3.8, 4) is 0 Å². The number of ether oxygens (including phenoxy) is 2. The quantitative estimate of drug-likeness (QED) is 0.740. The SMILES string of the molecule is CCC(=CC1C=CC=C2OCOC21)C(=O)O. The molecule has 1 heterocycles. The fourth-order valence-electron chi connectivity index (χ4n) is 1.88. The predicted molar refractivity (Wildman–Crippen MR) is 57.5 cm³/mol. The number of hydrogen-bond acceptors (Lipinski definition) is 3. The smallest absolute Gasteiger partial charge is 0.331 e. The van der Waals surface area contributed by atoms with Gasteiger partial charge >= 0.3 is 5.97 Å². The minimum absolute atomic E-state index is 0.0476. The molecule has 0 amide bonds. The highest BCUT2D eigenvalue weighted by atomic mass is 16.7. The second-order valence-corrected chi connectivity index (χ2v) is 3.73. The van der Waals surface area contributed by atoms with Crippen LogP contribution in [0.15, 0.2) is 35.6 Å². The standard InChI is InChI=1S/C12H14O4/c1-2-8(12(13)14)6-9-4-3-5-10-11(9)16-7-15-10/h3-6,9,11H,2,7H2,1H3,(H,13,14). The number of aliphatic carboxylic acids is 1. The lowest BCUT2D eigenvalue weighted by Gasteiger charge is -2.18. The van der Waals surface area contributed by atoms with Crippen molar-refractivity contribution in [3.05, 3.63) is 35.6 Å². The Bertz CT molecular complexity index is 378. The third-order valence-corrected chi connectivity index (χ3v) is 2.75. The molecular weight excluding hydrogens is 208 g/mol. The van der Waals surface area contributed by atoms with Crippen molar-refractivity contribution < 1.29 is 19.4 Å². The van der Waals surface area contributed by atoms with Gasteiger partial charge in [0.05, 0.1) is 0 Å². The summed E-state index contributed by atoms with van der Waals surface area (Å²) in [5.74, 6) is -0.135. The summed E-state index contributed by atoms with van der Waals surface area (Å²) in [4.78, 5) is 10.9. The van der Waals surface area contributed by atoms with E-state index >= 15 is 0 Å². The molecule has 2 atom stereocenters. The predicted octanol–water partition coefficient (Wildman–Crippen LogP) is 1.85. The van der Waals surface area contributed by atoms with Crippen LogP contribution in [-0.2, 0) is 14.3 Å². The van der Waals surface area contributed by atoms with Crippen LogP contribution in [-0.4, -0.2) is 24.0 Å². The molecule has 86 valence electrons. The van der Waals surface area contributed by atoms with Gasteiger partial charge in [-0.1, -0.05) is 25.2 Å². The molecular formula is C12H14O4. The van der Waals surface area contributed by atoms with Crippen LogP contribution in [0, 0.1) is 5.92 Å². The van der Waals surface area contributed by atoms with E-state index in [4.69, 9.17) is 14.6 Å². The molecule has 0 aromatic heterocycles. The Morgan fingerprint density at radius 3 is 3.19 bits per heavy atom. The Balaban J connectivity index is 2.19. The zero-order valence-corrected chi connectivity index (χ0v) is 9.05. The molecule has 2 unspecified atom stereocenters. The Labute approximate surface area is 93.9 Å². The highest BCUT2D eigenvalue weighted by molar-refractivity contribution is 5.86. The summed E-state index contributed by atoms with van der Waals surface area (Å²) in [6, 6.07) is 0. The van der Waals surface area contributed by atoms with Crippen LogP contribution >= 0.6 is 0 Å². The summed E-state index contributed by atoms with van der Waals surface area (Å²) >= 11 is 0. The van der Waals surface area contributed by atoms with Crippen molar-refractivity contribution in [1.82, 2.24) is 0 Å². The monoisotopic (exact) mass is 222 g/mol. The molecule has 0 aromatic rings. The first-order valence-electron chi connectivity index (χ1n) is 5.29. The van der Waals surface area contributed by atoms with Crippen molar-refractivity contribution in [2.75, 3.05) is 6.79 Å². The van der Waals surface area contributed by atoms with Gasteiger partial charge in [0, 0.05) is 11.5 Å². The maximum atomic E-state index is 10.9. The van der Waals surface area contributed by atoms with Gasteiger partial charge in [-0.15, -0.1) is 0 Å². The maximum absolute atomic E-state index is 10.9. The largest absolute Gasteiger partial charge is 0.478 e. The molecule has 16 heavy (non-hydrogen) atoms. The number of allylic oxidation sites excluding steroid dienone is 2. The third kappa shape index (κ3) is 2.02. The lowest BCUT2D eigenvalue weighted by atomic mass is 9.93. The van der Waals surface area contributed by atoms with Crippen LogP contribution in [0.1, 0.15) is 13.3 Å². The molecule has 2 rings (SSSR count). The minimum Gasteiger partial charge on any atom is -0.478 e. The Morgan fingerprint density at radius 1 is 1.69 bits per heavy atom. The molecule has 0 spiro atoms. The van der Waals surface area contributed by atoms with Gasteiger partial charge < -0.3 is 14.6 Å². The van der Waals surface area contributed by atoms with Gasteiger partial charge in [-0.05, 0) is 12.5 Å². The van der Waals surface area contributed by atoms with E-state index in [9.17, 15) is 4.79 Å². The van der Waals surface area contributed by atoms with Gasteiger partial charge in [0.1, 0.15) is 11.9 Å². The normalized spacial score (nSPS) is 28.3. The molecule has 4 nitrogen and oxygen atoms in total. The van der Waals surface area contributed by atoms with E-state index < -0.39 is 5.97 Å². The fraction of sp³-hybridized carbons (Fsp3) is 0.417. The summed E-state index contributed by atoms with van der Waals surface area (Å²) in [7, 11) is 0. The molecule has 1 saturated heterocycles. The van der Waals surface area contributed by atoms with Crippen molar-refractivity contribution in [2.45, 2.75) is 19.4 Å². The van der Waals surface area contributed by atoms with E-state index in [0.717, 1.165) is 5.76 Å². The van der Waals surface area contributed by atoms with E-state index in [-0.39, 0.29) is 18.8 Å². The summed E-state index contributed by atoms with van der Waals surface area (Å²) in [6.45, 7) is 2.08. The average molecular weight is 222 g/mol. The molecule has 1 N–H and O–H groups in total. The molecule has 0 radical (unpaired) electrons. The van der Waals surface area contributed by atoms with E-state index in [0.29, 0.717) is 12.0 Å². The van der Waals surface area contributed by atoms with Gasteiger partial charge in [0.15, 0.2) is 6.79 Å². The number of carboxylic acid groups (broad SMARTS) is 1. The Morgan fingerprint density at radius 2 is 2.50 bits per heavy atom. The number of hydrogen-bond donors (Lipinski definition) is 1. The zero-order chi connectivity index (χ0) is 11.5. The maximum Gasteiger partial charge on any atom is 0.331 e. The van der Waals surface area contributed by atoms with Crippen LogP contribution in [0.4, 0.5) is 0 Å². The molecule has 1 fully saturated rings. The first kappa shape index (κ1) is 11.0. The van der Waals surface area contributed by atoms with Crippen LogP contribution in [0.2, 0.25) is 0 Å². The zero-order valence-electron chi connectivity index (χ0n) is 9.05. The number of rotatable bonds is 3. The molecule has 0 saturated carbocycles. The fourth-order valence-corrected chi connectivity index (χ4v) is 1.88. The highest BCUT2D eigenvalue weighted by Gasteiger charge is 2.31. The van der Waals surface area contributed by atoms with Gasteiger partial charge in [0.2, 0.25) is 0 Å². The van der Waals surface area contributed by atoms with Crippen LogP contribution < -0.4 is 0 Å². The molecule has 1 aliphatic heterocycles. The minimum atomic E-state index is -0.870. The van der Waals surface area contributed by atoms with Gasteiger partial charge in [-0.3, -0.25) is 0 Å². The van der Waals surface area contributed by atoms with E-state index in [1.807, 2.05) is 25.2 Å². The van der Waals surface area contributed by atoms with Crippen molar-refractivity contribution in [3.63, 3.8) is 0 Å². The summed E-state index contributed by atoms with van der Waals surface area (Å²) in [5, 5.41) is 8.97. The summed E-state index contributed by atoms with van der Waals surface area (Å²) in [5.41, 5.74) is 0.409. The molecule has 4 heteroatoms. The lowest BCUT2D eigenvalue weighted by molar-refractivity contribution is -0.132. The van der Waals surface area contributed by atoms with Gasteiger partial charge in [-0.25, -0.2) is 4.79 Å². The summed E-state index contributed by atoms with van der Waals surface area (Å²) in [6.07, 6.45) is 7.75. The van der Waals surface area contributed by atoms with E-state index in [1.54, 1.807) is 6.08 Å². The molecule has 1 aliphatic carbocycles. The number of carbonyl (C=O) groups is 1. The van der Waals surface area contributed by atoms with Crippen molar-refractivity contribution in [1.29, 1.82) is 0 Å². The van der Waals surface area contributed by atoms with Crippen molar-refractivity contribution >= 4 is 5.97 Å².